The third-order valence-electron chi connectivity index (χ3n) is 7.31. The van der Waals surface area contributed by atoms with Gasteiger partial charge in [0.1, 0.15) is 5.84 Å². The van der Waals surface area contributed by atoms with Crippen molar-refractivity contribution in [2.75, 3.05) is 7.11 Å². The second-order valence-electron chi connectivity index (χ2n) is 9.21. The third kappa shape index (κ3) is 3.34. The van der Waals surface area contributed by atoms with E-state index in [1.807, 2.05) is 6.07 Å². The Labute approximate surface area is 180 Å². The molecule has 5 nitrogen and oxygen atoms in total. The number of hydrogen-bond donors (Lipinski definition) is 1. The minimum Gasteiger partial charge on any atom is -0.382 e. The van der Waals surface area contributed by atoms with Gasteiger partial charge in [0.05, 0.1) is 29.9 Å². The monoisotopic (exact) mass is 432 g/mol. The summed E-state index contributed by atoms with van der Waals surface area (Å²) in [6.07, 6.45) is -2.60. The molecule has 1 aliphatic heterocycles. The van der Waals surface area contributed by atoms with Crippen molar-refractivity contribution in [3.05, 3.63) is 34.9 Å². The maximum atomic E-state index is 13.2. The van der Waals surface area contributed by atoms with Gasteiger partial charge in [0.2, 0.25) is 0 Å². The zero-order chi connectivity index (χ0) is 22.6. The van der Waals surface area contributed by atoms with E-state index in [0.29, 0.717) is 24.0 Å². The first kappa shape index (κ1) is 21.8. The van der Waals surface area contributed by atoms with Crippen molar-refractivity contribution in [1.29, 1.82) is 5.26 Å². The fraction of sp³-hybridized carbons (Fsp3) is 0.609. The van der Waals surface area contributed by atoms with Gasteiger partial charge in [-0.2, -0.15) is 18.4 Å². The van der Waals surface area contributed by atoms with Crippen molar-refractivity contribution in [3.63, 3.8) is 0 Å². The van der Waals surface area contributed by atoms with E-state index in [1.54, 1.807) is 19.2 Å². The topological polar surface area (TPSA) is 83.8 Å². The normalized spacial score (nSPS) is 34.5. The van der Waals surface area contributed by atoms with Crippen LogP contribution in [-0.2, 0) is 16.8 Å². The highest BCUT2D eigenvalue weighted by atomic mass is 19.4. The highest BCUT2D eigenvalue weighted by Gasteiger charge is 2.63. The molecule has 0 aromatic heterocycles. The van der Waals surface area contributed by atoms with Crippen LogP contribution in [0.1, 0.15) is 56.2 Å². The number of nitrogens with zero attached hydrogens (tertiary/aromatic N) is 3. The number of halogens is 3. The minimum absolute atomic E-state index is 0.0763. The number of ether oxygens (including phenoxy) is 1. The molecule has 0 saturated heterocycles. The predicted molar refractivity (Wildman–Crippen MR) is 112 cm³/mol. The molecule has 0 bridgehead atoms. The van der Waals surface area contributed by atoms with Crippen molar-refractivity contribution in [3.8, 4) is 6.07 Å². The van der Waals surface area contributed by atoms with Gasteiger partial charge in [-0.15, -0.1) is 0 Å². The largest absolute Gasteiger partial charge is 0.394 e. The lowest BCUT2D eigenvalue weighted by molar-refractivity contribution is -0.121. The van der Waals surface area contributed by atoms with E-state index >= 15 is 0 Å². The van der Waals surface area contributed by atoms with Crippen LogP contribution >= 0.6 is 0 Å². The zero-order valence-corrected chi connectivity index (χ0v) is 18.0. The molecule has 31 heavy (non-hydrogen) atoms. The molecule has 0 amide bonds. The molecule has 1 heterocycles. The first-order valence-corrected chi connectivity index (χ1v) is 10.7. The zero-order valence-electron chi connectivity index (χ0n) is 18.0. The number of fused-ring (bicyclic) bond motifs is 3. The quantitative estimate of drug-likeness (QED) is 0.764. The summed E-state index contributed by atoms with van der Waals surface area (Å²) >= 11 is 0. The summed E-state index contributed by atoms with van der Waals surface area (Å²) in [5.74, 6) is 0.263. The Morgan fingerprint density at radius 1 is 1.29 bits per heavy atom. The fourth-order valence-corrected chi connectivity index (χ4v) is 6.22. The Balaban J connectivity index is 1.90. The van der Waals surface area contributed by atoms with Crippen LogP contribution in [0.4, 0.5) is 13.2 Å². The molecule has 2 N–H and O–H groups in total. The van der Waals surface area contributed by atoms with E-state index in [-0.39, 0.29) is 29.5 Å². The van der Waals surface area contributed by atoms with E-state index in [2.05, 4.69) is 29.9 Å². The summed E-state index contributed by atoms with van der Waals surface area (Å²) in [6.45, 7) is 4.23. The maximum absolute atomic E-state index is 13.2. The molecule has 8 heteroatoms. The van der Waals surface area contributed by atoms with Gasteiger partial charge >= 0.3 is 6.18 Å². The highest BCUT2D eigenvalue weighted by molar-refractivity contribution is 6.42. The Morgan fingerprint density at radius 2 is 2.03 bits per heavy atom. The summed E-state index contributed by atoms with van der Waals surface area (Å²) in [7, 11) is 1.71. The van der Waals surface area contributed by atoms with Crippen LogP contribution in [0, 0.1) is 28.6 Å². The summed E-state index contributed by atoms with van der Waals surface area (Å²) in [4.78, 5) is 9.32. The third-order valence-corrected chi connectivity index (χ3v) is 7.31. The van der Waals surface area contributed by atoms with E-state index < -0.39 is 23.7 Å². The average molecular weight is 432 g/mol. The number of rotatable bonds is 3. The Hall–Kier alpha value is -2.40. The summed E-state index contributed by atoms with van der Waals surface area (Å²) in [5.41, 5.74) is 6.24. The Kier molecular flexibility index (Phi) is 5.16. The molecule has 3 aliphatic rings. The molecule has 4 rings (SSSR count). The lowest BCUT2D eigenvalue weighted by Crippen LogP contribution is -2.50. The van der Waals surface area contributed by atoms with Crippen molar-refractivity contribution >= 4 is 11.5 Å². The number of nitrogens with two attached hydrogens (primary N) is 1. The Bertz CT molecular complexity index is 996. The van der Waals surface area contributed by atoms with Gasteiger partial charge in [-0.3, -0.25) is 4.99 Å². The first-order valence-electron chi connectivity index (χ1n) is 10.7. The molecule has 1 aromatic rings. The number of aliphatic imine (C=N–C) groups is 2. The number of amidine groups is 1. The smallest absolute Gasteiger partial charge is 0.382 e. The van der Waals surface area contributed by atoms with Crippen LogP contribution in [0.5, 0.6) is 0 Å². The van der Waals surface area contributed by atoms with E-state index in [9.17, 15) is 18.4 Å². The molecule has 1 aromatic carbocycles. The maximum Gasteiger partial charge on any atom is 0.394 e. The lowest BCUT2D eigenvalue weighted by Gasteiger charge is -2.50. The van der Waals surface area contributed by atoms with E-state index in [0.717, 1.165) is 18.4 Å². The van der Waals surface area contributed by atoms with Gasteiger partial charge in [-0.1, -0.05) is 26.3 Å². The van der Waals surface area contributed by atoms with Crippen molar-refractivity contribution in [1.82, 2.24) is 0 Å². The van der Waals surface area contributed by atoms with Crippen LogP contribution in [0.2, 0.25) is 0 Å². The molecule has 2 aliphatic carbocycles. The molecule has 0 radical (unpaired) electrons. The van der Waals surface area contributed by atoms with Gasteiger partial charge in [-0.25, -0.2) is 4.99 Å². The molecule has 1 saturated carbocycles. The van der Waals surface area contributed by atoms with Crippen LogP contribution in [0.25, 0.3) is 0 Å². The molecule has 0 unspecified atom stereocenters. The highest BCUT2D eigenvalue weighted by Crippen LogP contribution is 2.64. The van der Waals surface area contributed by atoms with Crippen molar-refractivity contribution in [2.24, 2.45) is 33.0 Å². The lowest BCUT2D eigenvalue weighted by atomic mass is 9.58. The number of methoxy groups -OCH3 is 1. The molecule has 2 spiro atoms. The molecular formula is C23H27F3N4O. The second kappa shape index (κ2) is 7.33. The van der Waals surface area contributed by atoms with Gasteiger partial charge in [0.25, 0.3) is 0 Å². The molecule has 1 fully saturated rings. The summed E-state index contributed by atoms with van der Waals surface area (Å²) < 4.78 is 45.5. The summed E-state index contributed by atoms with van der Waals surface area (Å²) in [5, 5.41) is 9.44. The van der Waals surface area contributed by atoms with Crippen molar-refractivity contribution < 1.29 is 17.9 Å². The van der Waals surface area contributed by atoms with Crippen LogP contribution in [0.3, 0.4) is 0 Å². The van der Waals surface area contributed by atoms with Crippen LogP contribution < -0.4 is 5.73 Å². The van der Waals surface area contributed by atoms with Gasteiger partial charge in [-0.05, 0) is 48.8 Å². The van der Waals surface area contributed by atoms with E-state index in [4.69, 9.17) is 10.5 Å². The second-order valence-corrected chi connectivity index (χ2v) is 9.21. The SMILES string of the molecule is CC[C@@H]1C[C@@]2(Cc3ccc(C#N)cc3[C@]23N=C(N)C(CC(F)(F)F)=N3)C[C@H](C)[C@H]1OC. The number of hydrogen-bond acceptors (Lipinski definition) is 5. The summed E-state index contributed by atoms with van der Waals surface area (Å²) in [6, 6.07) is 7.50. The van der Waals surface area contributed by atoms with Gasteiger partial charge in [0, 0.05) is 18.1 Å². The fourth-order valence-electron chi connectivity index (χ4n) is 6.22. The standard InChI is InChI=1S/C23H27F3N4O/c1-4-15-9-21(8-13(2)19(15)31-3)10-16-6-5-14(12-27)7-17(16)23(21)29-18(20(28)30-23)11-22(24,25)26/h5-7,13,15,19H,4,8-11H2,1-3H3,(H2,28,30)/t13-,15+,19+,21+,23-/m0/s1. The number of nitriles is 1. The molecule has 166 valence electrons. The van der Waals surface area contributed by atoms with Gasteiger partial charge in [0.15, 0.2) is 5.66 Å². The number of benzene rings is 1. The van der Waals surface area contributed by atoms with Crippen LogP contribution in [0.15, 0.2) is 28.2 Å². The molecule has 5 atom stereocenters. The van der Waals surface area contributed by atoms with Gasteiger partial charge < -0.3 is 10.5 Å². The Morgan fingerprint density at radius 3 is 2.65 bits per heavy atom. The predicted octanol–water partition coefficient (Wildman–Crippen LogP) is 4.49. The first-order chi connectivity index (χ1) is 14.6. The molecular weight excluding hydrogens is 405 g/mol. The minimum atomic E-state index is -4.43. The van der Waals surface area contributed by atoms with Crippen molar-refractivity contribution in [2.45, 2.75) is 63.9 Å². The number of alkyl halides is 3. The van der Waals surface area contributed by atoms with E-state index in [1.165, 1.54) is 0 Å². The van der Waals surface area contributed by atoms with Crippen LogP contribution in [-0.4, -0.2) is 30.9 Å². The average Bonchev–Trinajstić information content (AvgIpc) is 3.14.